The second kappa shape index (κ2) is 5.44. The second-order valence-corrected chi connectivity index (χ2v) is 4.14. The number of halogens is 2. The summed E-state index contributed by atoms with van der Waals surface area (Å²) in [5, 5.41) is 8.93. The van der Waals surface area contributed by atoms with Crippen molar-refractivity contribution in [3.63, 3.8) is 0 Å². The van der Waals surface area contributed by atoms with Crippen LogP contribution in [-0.2, 0) is 6.42 Å². The maximum atomic E-state index is 13.3. The van der Waals surface area contributed by atoms with Crippen LogP contribution in [-0.4, -0.2) is 18.3 Å². The molecule has 0 aromatic heterocycles. The van der Waals surface area contributed by atoms with E-state index >= 15 is 0 Å². The Morgan fingerprint density at radius 3 is 2.79 bits per heavy atom. The van der Waals surface area contributed by atoms with Gasteiger partial charge in [-0.2, -0.15) is 0 Å². The minimum absolute atomic E-state index is 0.0115. The summed E-state index contributed by atoms with van der Waals surface area (Å²) < 4.78 is 14.1. The molecule has 0 aliphatic heterocycles. The average Bonchev–Trinajstić information content (AvgIpc) is 2.19. The van der Waals surface area contributed by atoms with Gasteiger partial charge >= 0.3 is 0 Å². The van der Waals surface area contributed by atoms with Gasteiger partial charge in [0.1, 0.15) is 5.82 Å². The minimum atomic E-state index is -0.250. The predicted octanol–water partition coefficient (Wildman–Crippen LogP) is 1.70. The van der Waals surface area contributed by atoms with Gasteiger partial charge in [0.25, 0.3) is 0 Å². The Kier molecular flexibility index (Phi) is 4.51. The van der Waals surface area contributed by atoms with Gasteiger partial charge in [-0.25, -0.2) is 4.39 Å². The van der Waals surface area contributed by atoms with Gasteiger partial charge in [0.05, 0.1) is 0 Å². The molecule has 0 radical (unpaired) electrons. The van der Waals surface area contributed by atoms with Crippen LogP contribution in [0.15, 0.2) is 22.7 Å². The molecule has 0 aliphatic carbocycles. The van der Waals surface area contributed by atoms with Crippen LogP contribution < -0.4 is 5.73 Å². The molecule has 4 heteroatoms. The van der Waals surface area contributed by atoms with Crippen molar-refractivity contribution >= 4 is 15.9 Å². The van der Waals surface area contributed by atoms with Crippen LogP contribution >= 0.6 is 15.9 Å². The van der Waals surface area contributed by atoms with E-state index in [1.54, 1.807) is 12.1 Å². The summed E-state index contributed by atoms with van der Waals surface area (Å²) in [5.41, 5.74) is 6.01. The summed E-state index contributed by atoms with van der Waals surface area (Å²) in [5.74, 6) is -0.320. The van der Waals surface area contributed by atoms with Crippen molar-refractivity contribution in [2.45, 2.75) is 6.42 Å². The molecule has 0 bridgehead atoms. The number of nitrogens with two attached hydrogens (primary N) is 1. The zero-order valence-electron chi connectivity index (χ0n) is 7.71. The zero-order valence-corrected chi connectivity index (χ0v) is 9.30. The molecule has 1 atom stereocenters. The first-order valence-electron chi connectivity index (χ1n) is 4.42. The summed E-state index contributed by atoms with van der Waals surface area (Å²) in [4.78, 5) is 0. The highest BCUT2D eigenvalue weighted by molar-refractivity contribution is 9.10. The van der Waals surface area contributed by atoms with Gasteiger partial charge < -0.3 is 10.8 Å². The van der Waals surface area contributed by atoms with E-state index in [0.29, 0.717) is 18.5 Å². The third kappa shape index (κ3) is 3.04. The van der Waals surface area contributed by atoms with E-state index in [0.717, 1.165) is 4.47 Å². The fourth-order valence-electron chi connectivity index (χ4n) is 1.23. The first-order valence-corrected chi connectivity index (χ1v) is 5.21. The molecule has 0 unspecified atom stereocenters. The van der Waals surface area contributed by atoms with Crippen LogP contribution in [0.3, 0.4) is 0 Å². The molecule has 2 nitrogen and oxygen atoms in total. The van der Waals surface area contributed by atoms with Crippen LogP contribution in [0.25, 0.3) is 0 Å². The number of hydrogen-bond acceptors (Lipinski definition) is 2. The molecule has 1 aromatic carbocycles. The third-order valence-electron chi connectivity index (χ3n) is 2.11. The molecule has 1 aromatic rings. The smallest absolute Gasteiger partial charge is 0.126 e. The summed E-state index contributed by atoms with van der Waals surface area (Å²) in [7, 11) is 0. The normalized spacial score (nSPS) is 12.9. The van der Waals surface area contributed by atoms with Crippen molar-refractivity contribution in [1.82, 2.24) is 0 Å². The lowest BCUT2D eigenvalue weighted by Gasteiger charge is -2.11. The molecule has 14 heavy (non-hydrogen) atoms. The highest BCUT2D eigenvalue weighted by Gasteiger charge is 2.10. The summed E-state index contributed by atoms with van der Waals surface area (Å²) in [6, 6.07) is 4.77. The van der Waals surface area contributed by atoms with Crippen molar-refractivity contribution in [2.24, 2.45) is 11.7 Å². The monoisotopic (exact) mass is 261 g/mol. The van der Waals surface area contributed by atoms with Crippen molar-refractivity contribution in [3.05, 3.63) is 34.1 Å². The van der Waals surface area contributed by atoms with Crippen LogP contribution in [0.1, 0.15) is 5.56 Å². The first-order chi connectivity index (χ1) is 6.67. The highest BCUT2D eigenvalue weighted by atomic mass is 79.9. The fourth-order valence-corrected chi connectivity index (χ4v) is 1.64. The van der Waals surface area contributed by atoms with Crippen molar-refractivity contribution in [3.8, 4) is 0 Å². The molecule has 0 aliphatic rings. The Morgan fingerprint density at radius 2 is 2.21 bits per heavy atom. The average molecular weight is 262 g/mol. The molecule has 1 rings (SSSR count). The fraction of sp³-hybridized carbons (Fsp3) is 0.400. The molecular weight excluding hydrogens is 249 g/mol. The number of aliphatic hydroxyl groups excluding tert-OH is 1. The lowest BCUT2D eigenvalue weighted by molar-refractivity contribution is 0.229. The minimum Gasteiger partial charge on any atom is -0.396 e. The lowest BCUT2D eigenvalue weighted by atomic mass is 10.00. The topological polar surface area (TPSA) is 46.2 Å². The van der Waals surface area contributed by atoms with Gasteiger partial charge in [-0.15, -0.1) is 0 Å². The summed E-state index contributed by atoms with van der Waals surface area (Å²) in [6.45, 7) is 0.352. The maximum absolute atomic E-state index is 13.3. The van der Waals surface area contributed by atoms with E-state index in [1.807, 2.05) is 0 Å². The van der Waals surface area contributed by atoms with Crippen molar-refractivity contribution in [1.29, 1.82) is 0 Å². The number of hydrogen-bond donors (Lipinski definition) is 2. The summed E-state index contributed by atoms with van der Waals surface area (Å²) >= 11 is 3.27. The van der Waals surface area contributed by atoms with Crippen molar-refractivity contribution < 1.29 is 9.50 Å². The van der Waals surface area contributed by atoms with E-state index in [9.17, 15) is 4.39 Å². The van der Waals surface area contributed by atoms with Gasteiger partial charge in [0, 0.05) is 11.1 Å². The van der Waals surface area contributed by atoms with Crippen LogP contribution in [0.5, 0.6) is 0 Å². The van der Waals surface area contributed by atoms with Crippen LogP contribution in [0.2, 0.25) is 0 Å². The Hall–Kier alpha value is -0.450. The standard InChI is InChI=1S/C10H13BrFNO/c11-9-1-2-10(12)8(4-9)3-7(5-13)6-14/h1-2,4,7,14H,3,5-6,13H2/t7-/m0/s1. The largest absolute Gasteiger partial charge is 0.396 e. The molecular formula is C10H13BrFNO. The quantitative estimate of drug-likeness (QED) is 0.867. The maximum Gasteiger partial charge on any atom is 0.126 e. The Labute approximate surface area is 91.1 Å². The number of aliphatic hydroxyl groups is 1. The molecule has 78 valence electrons. The predicted molar refractivity (Wildman–Crippen MR) is 57.4 cm³/mol. The number of rotatable bonds is 4. The van der Waals surface area contributed by atoms with Gasteiger partial charge in [-0.3, -0.25) is 0 Å². The summed E-state index contributed by atoms with van der Waals surface area (Å²) in [6.07, 6.45) is 0.471. The SMILES string of the molecule is NC[C@@H](CO)Cc1cc(Br)ccc1F. The van der Waals surface area contributed by atoms with E-state index in [4.69, 9.17) is 10.8 Å². The first kappa shape index (κ1) is 11.6. The molecule has 0 heterocycles. The third-order valence-corrected chi connectivity index (χ3v) is 2.60. The van der Waals surface area contributed by atoms with Gasteiger partial charge in [0.15, 0.2) is 0 Å². The van der Waals surface area contributed by atoms with Gasteiger partial charge in [0.2, 0.25) is 0 Å². The van der Waals surface area contributed by atoms with E-state index < -0.39 is 0 Å². The molecule has 0 fully saturated rings. The van der Waals surface area contributed by atoms with Crippen LogP contribution in [0, 0.1) is 11.7 Å². The lowest BCUT2D eigenvalue weighted by Crippen LogP contribution is -2.20. The Bertz CT molecular complexity index is 302. The zero-order chi connectivity index (χ0) is 10.6. The molecule has 0 spiro atoms. The Balaban J connectivity index is 2.79. The molecule has 0 amide bonds. The van der Waals surface area contributed by atoms with E-state index in [1.165, 1.54) is 6.07 Å². The van der Waals surface area contributed by atoms with Gasteiger partial charge in [-0.1, -0.05) is 15.9 Å². The highest BCUT2D eigenvalue weighted by Crippen LogP contribution is 2.18. The van der Waals surface area contributed by atoms with Crippen LogP contribution in [0.4, 0.5) is 4.39 Å². The number of benzene rings is 1. The Morgan fingerprint density at radius 1 is 1.50 bits per heavy atom. The van der Waals surface area contributed by atoms with Gasteiger partial charge in [-0.05, 0) is 42.6 Å². The molecule has 0 saturated carbocycles. The molecule has 3 N–H and O–H groups in total. The molecule has 0 saturated heterocycles. The van der Waals surface area contributed by atoms with E-state index in [2.05, 4.69) is 15.9 Å². The van der Waals surface area contributed by atoms with Crippen molar-refractivity contribution in [2.75, 3.05) is 13.2 Å². The van der Waals surface area contributed by atoms with E-state index in [-0.39, 0.29) is 18.3 Å². The second-order valence-electron chi connectivity index (χ2n) is 3.22.